The molecule has 0 saturated carbocycles. The number of anilines is 1. The van der Waals surface area contributed by atoms with Crippen LogP contribution in [0.2, 0.25) is 0 Å². The predicted octanol–water partition coefficient (Wildman–Crippen LogP) is 4.37. The summed E-state index contributed by atoms with van der Waals surface area (Å²) in [6.07, 6.45) is 4.88. The number of rotatable bonds is 8. The number of carboxylic acids is 1. The van der Waals surface area contributed by atoms with Crippen LogP contribution in [0.15, 0.2) is 78.9 Å². The van der Waals surface area contributed by atoms with E-state index in [2.05, 4.69) is 5.32 Å². The SMILES string of the molecule is CCc1cccc(CC)c1N1C(=O)C2C(C=Cc3ccccc3)NC(Cc3ccc(O)cc3)(C(=O)O)C2C1=O. The number of fused-ring (bicyclic) bond motifs is 1. The summed E-state index contributed by atoms with van der Waals surface area (Å²) in [5.41, 5.74) is 2.15. The normalized spacial score (nSPS) is 24.5. The highest BCUT2D eigenvalue weighted by Crippen LogP contribution is 2.47. The predicted molar refractivity (Wildman–Crippen MR) is 149 cm³/mol. The molecule has 7 nitrogen and oxygen atoms in total. The number of aryl methyl sites for hydroxylation is 2. The van der Waals surface area contributed by atoms with Gasteiger partial charge in [0.15, 0.2) is 0 Å². The van der Waals surface area contributed by atoms with E-state index >= 15 is 0 Å². The first kappa shape index (κ1) is 26.4. The third-order valence-electron chi connectivity index (χ3n) is 7.98. The summed E-state index contributed by atoms with van der Waals surface area (Å²) in [5, 5.41) is 23.6. The number of nitrogens with zero attached hydrogens (tertiary/aromatic N) is 1. The third kappa shape index (κ3) is 4.53. The highest BCUT2D eigenvalue weighted by molar-refractivity contribution is 6.25. The van der Waals surface area contributed by atoms with E-state index in [1.165, 1.54) is 17.0 Å². The maximum Gasteiger partial charge on any atom is 0.325 e. The van der Waals surface area contributed by atoms with Gasteiger partial charge in [0.1, 0.15) is 11.3 Å². The fraction of sp³-hybridized carbons (Fsp3) is 0.281. The zero-order chi connectivity index (χ0) is 27.7. The number of carboxylic acid groups (broad SMARTS) is 1. The second-order valence-electron chi connectivity index (χ2n) is 10.2. The molecule has 4 atom stereocenters. The molecule has 3 aromatic rings. The minimum absolute atomic E-state index is 0.0254. The number of hydrogen-bond donors (Lipinski definition) is 3. The first-order valence-electron chi connectivity index (χ1n) is 13.3. The molecule has 0 radical (unpaired) electrons. The number of hydrogen-bond acceptors (Lipinski definition) is 5. The highest BCUT2D eigenvalue weighted by atomic mass is 16.4. The van der Waals surface area contributed by atoms with E-state index in [1.807, 2.05) is 68.5 Å². The smallest absolute Gasteiger partial charge is 0.325 e. The van der Waals surface area contributed by atoms with Crippen molar-refractivity contribution in [2.45, 2.75) is 44.7 Å². The van der Waals surface area contributed by atoms with Crippen molar-refractivity contribution in [1.29, 1.82) is 0 Å². The Kier molecular flexibility index (Phi) is 7.10. The maximum absolute atomic E-state index is 14.3. The van der Waals surface area contributed by atoms with E-state index in [-0.39, 0.29) is 18.1 Å². The van der Waals surface area contributed by atoms with E-state index in [0.29, 0.717) is 24.1 Å². The van der Waals surface area contributed by atoms with Crippen LogP contribution in [0.25, 0.3) is 6.08 Å². The van der Waals surface area contributed by atoms with Crippen LogP contribution < -0.4 is 10.2 Å². The summed E-state index contributed by atoms with van der Waals surface area (Å²) in [6.45, 7) is 3.95. The second kappa shape index (κ2) is 10.5. The van der Waals surface area contributed by atoms with Gasteiger partial charge in [0.25, 0.3) is 0 Å². The minimum Gasteiger partial charge on any atom is -0.508 e. The number of aliphatic carboxylic acids is 1. The summed E-state index contributed by atoms with van der Waals surface area (Å²) in [4.78, 5) is 42.8. The fourth-order valence-electron chi connectivity index (χ4n) is 6.08. The molecule has 39 heavy (non-hydrogen) atoms. The molecule has 2 amide bonds. The highest BCUT2D eigenvalue weighted by Gasteiger charge is 2.68. The van der Waals surface area contributed by atoms with Gasteiger partial charge in [-0.15, -0.1) is 0 Å². The Bertz CT molecular complexity index is 1410. The van der Waals surface area contributed by atoms with Crippen molar-refractivity contribution in [2.75, 3.05) is 4.90 Å². The van der Waals surface area contributed by atoms with Crippen LogP contribution >= 0.6 is 0 Å². The Morgan fingerprint density at radius 1 is 0.923 bits per heavy atom. The Balaban J connectivity index is 1.64. The van der Waals surface area contributed by atoms with Gasteiger partial charge in [0.2, 0.25) is 11.8 Å². The molecule has 3 N–H and O–H groups in total. The number of carbonyl (C=O) groups is 3. The quantitative estimate of drug-likeness (QED) is 0.378. The van der Waals surface area contributed by atoms with Crippen LogP contribution in [-0.2, 0) is 33.6 Å². The Morgan fingerprint density at radius 3 is 2.15 bits per heavy atom. The van der Waals surface area contributed by atoms with Crippen LogP contribution in [0.3, 0.4) is 0 Å². The summed E-state index contributed by atoms with van der Waals surface area (Å²) in [7, 11) is 0. The van der Waals surface area contributed by atoms with Gasteiger partial charge in [-0.2, -0.15) is 0 Å². The van der Waals surface area contributed by atoms with Gasteiger partial charge < -0.3 is 10.2 Å². The first-order chi connectivity index (χ1) is 18.8. The Morgan fingerprint density at radius 2 is 1.56 bits per heavy atom. The van der Waals surface area contributed by atoms with E-state index in [0.717, 1.165) is 16.7 Å². The lowest BCUT2D eigenvalue weighted by atomic mass is 9.76. The van der Waals surface area contributed by atoms with Gasteiger partial charge >= 0.3 is 5.97 Å². The largest absolute Gasteiger partial charge is 0.508 e. The van der Waals surface area contributed by atoms with Crippen molar-refractivity contribution in [3.63, 3.8) is 0 Å². The molecule has 5 rings (SSSR count). The van der Waals surface area contributed by atoms with Crippen molar-refractivity contribution >= 4 is 29.5 Å². The zero-order valence-corrected chi connectivity index (χ0v) is 22.0. The summed E-state index contributed by atoms with van der Waals surface area (Å²) in [6, 6.07) is 20.9. The van der Waals surface area contributed by atoms with E-state index in [4.69, 9.17) is 0 Å². The number of imide groups is 1. The standard InChI is InChI=1S/C32H32N2O5/c1-3-22-11-8-12-23(4-2)28(22)34-29(36)26-25(18-15-20-9-6-5-7-10-20)33-32(31(38)39,27(26)30(34)37)19-21-13-16-24(35)17-14-21/h5-18,25-27,33,35H,3-4,19H2,1-2H3,(H,38,39). The number of phenolic OH excluding ortho intramolecular Hbond substituents is 1. The summed E-state index contributed by atoms with van der Waals surface area (Å²) < 4.78 is 0. The molecule has 0 bridgehead atoms. The molecule has 0 spiro atoms. The topological polar surface area (TPSA) is 107 Å². The van der Waals surface area contributed by atoms with Crippen LogP contribution in [0.5, 0.6) is 5.75 Å². The van der Waals surface area contributed by atoms with Gasteiger partial charge in [-0.1, -0.05) is 86.7 Å². The van der Waals surface area contributed by atoms with Crippen LogP contribution in [0.1, 0.15) is 36.1 Å². The van der Waals surface area contributed by atoms with Crippen molar-refractivity contribution in [1.82, 2.24) is 5.32 Å². The lowest BCUT2D eigenvalue weighted by molar-refractivity contribution is -0.148. The summed E-state index contributed by atoms with van der Waals surface area (Å²) in [5.74, 6) is -4.01. The molecule has 0 aliphatic carbocycles. The Labute approximate surface area is 227 Å². The molecule has 2 saturated heterocycles. The van der Waals surface area contributed by atoms with Crippen molar-refractivity contribution in [2.24, 2.45) is 11.8 Å². The summed E-state index contributed by atoms with van der Waals surface area (Å²) >= 11 is 0. The average molecular weight is 525 g/mol. The van der Waals surface area contributed by atoms with Gasteiger partial charge in [-0.05, 0) is 47.2 Å². The van der Waals surface area contributed by atoms with E-state index in [1.54, 1.807) is 18.2 Å². The molecule has 2 aliphatic rings. The number of para-hydroxylation sites is 1. The van der Waals surface area contributed by atoms with Gasteiger partial charge in [0.05, 0.1) is 17.5 Å². The number of nitrogens with one attached hydrogen (secondary N) is 1. The molecule has 4 unspecified atom stereocenters. The molecule has 0 aromatic heterocycles. The van der Waals surface area contributed by atoms with Gasteiger partial charge in [-0.3, -0.25) is 19.7 Å². The zero-order valence-electron chi connectivity index (χ0n) is 22.0. The van der Waals surface area contributed by atoms with Crippen LogP contribution in [-0.4, -0.2) is 39.6 Å². The molecule has 200 valence electrons. The molecule has 3 aromatic carbocycles. The number of aromatic hydroxyl groups is 1. The monoisotopic (exact) mass is 524 g/mol. The van der Waals surface area contributed by atoms with E-state index in [9.17, 15) is 24.6 Å². The molecular formula is C32H32N2O5. The second-order valence-corrected chi connectivity index (χ2v) is 10.2. The number of amides is 2. The van der Waals surface area contributed by atoms with E-state index < -0.39 is 35.3 Å². The minimum atomic E-state index is -1.72. The van der Waals surface area contributed by atoms with Gasteiger partial charge in [-0.25, -0.2) is 4.90 Å². The van der Waals surface area contributed by atoms with Gasteiger partial charge in [0, 0.05) is 12.5 Å². The lowest BCUT2D eigenvalue weighted by Crippen LogP contribution is -2.58. The molecule has 2 aliphatic heterocycles. The first-order valence-corrected chi connectivity index (χ1v) is 13.3. The van der Waals surface area contributed by atoms with Crippen molar-refractivity contribution < 1.29 is 24.6 Å². The van der Waals surface area contributed by atoms with Crippen LogP contribution in [0, 0.1) is 11.8 Å². The number of benzene rings is 3. The molecule has 2 fully saturated rings. The Hall–Kier alpha value is -4.23. The molecule has 2 heterocycles. The van der Waals surface area contributed by atoms with Crippen LogP contribution in [0.4, 0.5) is 5.69 Å². The maximum atomic E-state index is 14.3. The van der Waals surface area contributed by atoms with Crippen molar-refractivity contribution in [3.8, 4) is 5.75 Å². The average Bonchev–Trinajstić information content (AvgIpc) is 3.41. The molecular weight excluding hydrogens is 492 g/mol. The molecule has 7 heteroatoms. The third-order valence-corrected chi connectivity index (χ3v) is 7.98. The van der Waals surface area contributed by atoms with Crippen molar-refractivity contribution in [3.05, 3.63) is 101 Å². The number of phenols is 1. The lowest BCUT2D eigenvalue weighted by Gasteiger charge is -2.31. The fourth-order valence-corrected chi connectivity index (χ4v) is 6.08. The number of carbonyl (C=O) groups excluding carboxylic acids is 2.